The van der Waals surface area contributed by atoms with Crippen molar-refractivity contribution in [3.63, 3.8) is 0 Å². The van der Waals surface area contributed by atoms with Gasteiger partial charge in [0.25, 0.3) is 0 Å². The lowest BCUT2D eigenvalue weighted by atomic mass is 10.1. The van der Waals surface area contributed by atoms with E-state index in [0.717, 1.165) is 56.5 Å². The number of benzene rings is 5. The van der Waals surface area contributed by atoms with E-state index >= 15 is 0 Å². The molecule has 3 heteroatoms. The van der Waals surface area contributed by atoms with Crippen LogP contribution in [-0.2, 0) is 0 Å². The lowest BCUT2D eigenvalue weighted by molar-refractivity contribution is 0.483. The number of imidazole rings is 1. The van der Waals surface area contributed by atoms with Gasteiger partial charge in [-0.1, -0.05) is 90.7 Å². The van der Waals surface area contributed by atoms with E-state index in [-0.39, 0.29) is 0 Å². The molecular weight excluding hydrogens is 464 g/mol. The smallest absolute Gasteiger partial charge is 0.138 e. The molecule has 0 unspecified atom stereocenters. The Balaban J connectivity index is 1.31. The second-order valence-electron chi connectivity index (χ2n) is 8.81. The summed E-state index contributed by atoms with van der Waals surface area (Å²) in [5, 5.41) is 0. The van der Waals surface area contributed by atoms with Crippen LogP contribution in [0.3, 0.4) is 0 Å². The molecule has 0 aliphatic carbocycles. The molecule has 0 bridgehead atoms. The predicted octanol–water partition coefficient (Wildman–Crippen LogP) is 8.60. The van der Waals surface area contributed by atoms with Gasteiger partial charge in [-0.3, -0.25) is 0 Å². The topological polar surface area (TPSA) is 37.9 Å². The van der Waals surface area contributed by atoms with Gasteiger partial charge in [-0.15, -0.1) is 0 Å². The lowest BCUT2D eigenvalue weighted by Crippen LogP contribution is -1.86. The van der Waals surface area contributed by atoms with Gasteiger partial charge in [-0.25, -0.2) is 4.98 Å². The Morgan fingerprint density at radius 3 is 1.66 bits per heavy atom. The Hall–Kier alpha value is -5.33. The highest BCUT2D eigenvalue weighted by molar-refractivity contribution is 5.81. The first-order valence-corrected chi connectivity index (χ1v) is 12.5. The van der Waals surface area contributed by atoms with Gasteiger partial charge in [-0.2, -0.15) is 0 Å². The van der Waals surface area contributed by atoms with Crippen molar-refractivity contribution < 1.29 is 4.74 Å². The van der Waals surface area contributed by atoms with Crippen molar-refractivity contribution in [2.75, 3.05) is 0 Å². The molecule has 0 radical (unpaired) electrons. The largest absolute Gasteiger partial charge is 0.457 e. The fourth-order valence-corrected chi connectivity index (χ4v) is 4.22. The van der Waals surface area contributed by atoms with Crippen molar-refractivity contribution in [2.24, 2.45) is 0 Å². The first-order valence-electron chi connectivity index (χ1n) is 12.5. The molecule has 3 nitrogen and oxygen atoms in total. The van der Waals surface area contributed by atoms with Crippen LogP contribution >= 0.6 is 0 Å². The quantitative estimate of drug-likeness (QED) is 0.247. The molecule has 0 spiro atoms. The fourth-order valence-electron chi connectivity index (χ4n) is 4.22. The number of aromatic nitrogens is 2. The molecule has 38 heavy (non-hydrogen) atoms. The normalized spacial score (nSPS) is 10.4. The van der Waals surface area contributed by atoms with Crippen LogP contribution in [-0.4, -0.2) is 9.97 Å². The summed E-state index contributed by atoms with van der Waals surface area (Å²) in [5.74, 6) is 8.86. The minimum atomic E-state index is 0.785. The molecule has 0 amide bonds. The highest BCUT2D eigenvalue weighted by Crippen LogP contribution is 2.34. The van der Waals surface area contributed by atoms with Gasteiger partial charge in [0.2, 0.25) is 0 Å². The third-order valence-corrected chi connectivity index (χ3v) is 6.16. The zero-order chi connectivity index (χ0) is 25.6. The SMILES string of the molecule is C(#Cc1ccc(-c2nc(-c3ccccc3)c(-c3ccc(Oc4ccccc4)cc3)[nH]2)cc1)c1ccccc1. The highest BCUT2D eigenvalue weighted by atomic mass is 16.5. The van der Waals surface area contributed by atoms with Crippen LogP contribution in [0.4, 0.5) is 0 Å². The van der Waals surface area contributed by atoms with Crippen LogP contribution in [0.2, 0.25) is 0 Å². The molecule has 0 saturated carbocycles. The third-order valence-electron chi connectivity index (χ3n) is 6.16. The second-order valence-corrected chi connectivity index (χ2v) is 8.81. The molecule has 0 aliphatic heterocycles. The molecule has 1 heterocycles. The molecule has 180 valence electrons. The minimum Gasteiger partial charge on any atom is -0.457 e. The Bertz CT molecular complexity index is 1690. The summed E-state index contributed by atoms with van der Waals surface area (Å²) in [6.45, 7) is 0. The zero-order valence-electron chi connectivity index (χ0n) is 20.6. The number of nitrogens with zero attached hydrogens (tertiary/aromatic N) is 1. The third kappa shape index (κ3) is 5.26. The van der Waals surface area contributed by atoms with E-state index in [1.807, 2.05) is 103 Å². The molecule has 0 saturated heterocycles. The number of H-pyrrole nitrogens is 1. The Morgan fingerprint density at radius 1 is 0.474 bits per heavy atom. The summed E-state index contributed by atoms with van der Waals surface area (Å²) in [6, 6.07) is 46.3. The summed E-state index contributed by atoms with van der Waals surface area (Å²) >= 11 is 0. The van der Waals surface area contributed by atoms with Crippen molar-refractivity contribution in [2.45, 2.75) is 0 Å². The molecule has 5 aromatic carbocycles. The van der Waals surface area contributed by atoms with Crippen LogP contribution in [0.5, 0.6) is 11.5 Å². The monoisotopic (exact) mass is 488 g/mol. The lowest BCUT2D eigenvalue weighted by Gasteiger charge is -2.07. The number of para-hydroxylation sites is 1. The average molecular weight is 489 g/mol. The summed E-state index contributed by atoms with van der Waals surface area (Å²) in [5.41, 5.74) is 6.92. The van der Waals surface area contributed by atoms with Gasteiger partial charge in [0.05, 0.1) is 11.4 Å². The van der Waals surface area contributed by atoms with Crippen LogP contribution in [0, 0.1) is 11.8 Å². The number of rotatable bonds is 5. The maximum atomic E-state index is 5.98. The van der Waals surface area contributed by atoms with Crippen LogP contribution in [0.15, 0.2) is 140 Å². The van der Waals surface area contributed by atoms with Gasteiger partial charge in [0.15, 0.2) is 0 Å². The van der Waals surface area contributed by atoms with Crippen molar-refractivity contribution >= 4 is 0 Å². The Morgan fingerprint density at radius 2 is 1.00 bits per heavy atom. The molecule has 6 aromatic rings. The minimum absolute atomic E-state index is 0.785. The summed E-state index contributed by atoms with van der Waals surface area (Å²) < 4.78 is 5.98. The van der Waals surface area contributed by atoms with E-state index < -0.39 is 0 Å². The number of ether oxygens (including phenoxy) is 1. The van der Waals surface area contributed by atoms with Crippen LogP contribution in [0.25, 0.3) is 33.9 Å². The molecule has 0 aliphatic rings. The predicted molar refractivity (Wildman–Crippen MR) is 154 cm³/mol. The summed E-state index contributed by atoms with van der Waals surface area (Å²) in [4.78, 5) is 8.59. The number of hydrogen-bond acceptors (Lipinski definition) is 2. The molecule has 6 rings (SSSR count). The number of hydrogen-bond donors (Lipinski definition) is 1. The van der Waals surface area contributed by atoms with Crippen molar-refractivity contribution in [3.05, 3.63) is 151 Å². The van der Waals surface area contributed by atoms with Gasteiger partial charge in [-0.05, 0) is 60.7 Å². The van der Waals surface area contributed by atoms with E-state index in [1.165, 1.54) is 0 Å². The zero-order valence-corrected chi connectivity index (χ0v) is 20.6. The van der Waals surface area contributed by atoms with Gasteiger partial charge >= 0.3 is 0 Å². The van der Waals surface area contributed by atoms with E-state index in [9.17, 15) is 0 Å². The highest BCUT2D eigenvalue weighted by Gasteiger charge is 2.15. The number of aromatic amines is 1. The second kappa shape index (κ2) is 10.7. The molecule has 1 aromatic heterocycles. The first kappa shape index (κ1) is 23.1. The Labute approximate surface area is 222 Å². The van der Waals surface area contributed by atoms with Crippen LogP contribution < -0.4 is 4.74 Å². The van der Waals surface area contributed by atoms with Crippen molar-refractivity contribution in [1.29, 1.82) is 0 Å². The maximum absolute atomic E-state index is 5.98. The Kier molecular flexibility index (Phi) is 6.53. The molecule has 1 N–H and O–H groups in total. The summed E-state index contributed by atoms with van der Waals surface area (Å²) in [6.07, 6.45) is 0. The van der Waals surface area contributed by atoms with E-state index in [0.29, 0.717) is 0 Å². The number of nitrogens with one attached hydrogen (secondary N) is 1. The van der Waals surface area contributed by atoms with E-state index in [4.69, 9.17) is 9.72 Å². The fraction of sp³-hybridized carbons (Fsp3) is 0. The standard InChI is InChI=1S/C35H24N2O/c1-4-10-26(11-5-1)16-17-27-18-20-30(21-19-27)35-36-33(28-12-6-2-7-13-28)34(37-35)29-22-24-32(25-23-29)38-31-14-8-3-9-15-31/h1-15,18-25H,(H,36,37). The van der Waals surface area contributed by atoms with Gasteiger partial charge in [0, 0.05) is 27.8 Å². The van der Waals surface area contributed by atoms with E-state index in [2.05, 4.69) is 53.2 Å². The maximum Gasteiger partial charge on any atom is 0.138 e. The van der Waals surface area contributed by atoms with Crippen molar-refractivity contribution in [3.8, 4) is 57.2 Å². The van der Waals surface area contributed by atoms with Crippen LogP contribution in [0.1, 0.15) is 11.1 Å². The van der Waals surface area contributed by atoms with E-state index in [1.54, 1.807) is 0 Å². The summed E-state index contributed by atoms with van der Waals surface area (Å²) in [7, 11) is 0. The van der Waals surface area contributed by atoms with Gasteiger partial charge < -0.3 is 9.72 Å². The van der Waals surface area contributed by atoms with Crippen molar-refractivity contribution in [1.82, 2.24) is 9.97 Å². The average Bonchev–Trinajstić information content (AvgIpc) is 3.44. The molecule has 0 fully saturated rings. The molecular formula is C35H24N2O. The van der Waals surface area contributed by atoms with Gasteiger partial charge in [0.1, 0.15) is 17.3 Å². The first-order chi connectivity index (χ1) is 18.8. The molecule has 0 atom stereocenters.